The van der Waals surface area contributed by atoms with Crippen LogP contribution in [0, 0.1) is 12.7 Å². The summed E-state index contributed by atoms with van der Waals surface area (Å²) in [6.45, 7) is 1.81. The van der Waals surface area contributed by atoms with Gasteiger partial charge < -0.3 is 10.1 Å². The summed E-state index contributed by atoms with van der Waals surface area (Å²) in [5.41, 5.74) is 1.17. The van der Waals surface area contributed by atoms with Crippen LogP contribution in [0.3, 0.4) is 0 Å². The third-order valence-corrected chi connectivity index (χ3v) is 3.14. The van der Waals surface area contributed by atoms with Gasteiger partial charge in [-0.25, -0.2) is 14.4 Å². The van der Waals surface area contributed by atoms with Crippen molar-refractivity contribution < 1.29 is 9.13 Å². The minimum atomic E-state index is -0.394. The molecule has 0 aliphatic rings. The number of anilines is 2. The standard InChI is InChI=1S/C16H14FN3O/c1-10-18-14-6-4-3-5-12(14)16(19-10)20-15-8-7-11(21-2)9-13(15)17/h3-9H,1-2H3,(H,18,19,20). The molecule has 21 heavy (non-hydrogen) atoms. The molecule has 3 aromatic rings. The number of hydrogen-bond acceptors (Lipinski definition) is 4. The first kappa shape index (κ1) is 13.3. The molecule has 0 saturated carbocycles. The van der Waals surface area contributed by atoms with Crippen molar-refractivity contribution in [1.82, 2.24) is 9.97 Å². The van der Waals surface area contributed by atoms with E-state index in [2.05, 4.69) is 15.3 Å². The van der Waals surface area contributed by atoms with Crippen LogP contribution in [0.4, 0.5) is 15.9 Å². The van der Waals surface area contributed by atoms with Gasteiger partial charge in [0.2, 0.25) is 0 Å². The highest BCUT2D eigenvalue weighted by atomic mass is 19.1. The van der Waals surface area contributed by atoms with Crippen molar-refractivity contribution in [2.75, 3.05) is 12.4 Å². The number of aromatic nitrogens is 2. The molecule has 0 saturated heterocycles. The van der Waals surface area contributed by atoms with E-state index in [1.165, 1.54) is 13.2 Å². The van der Waals surface area contributed by atoms with Crippen LogP contribution in [-0.4, -0.2) is 17.1 Å². The second-order valence-corrected chi connectivity index (χ2v) is 4.61. The van der Waals surface area contributed by atoms with Gasteiger partial charge in [0.25, 0.3) is 0 Å². The highest BCUT2D eigenvalue weighted by Gasteiger charge is 2.09. The maximum atomic E-state index is 14.0. The molecule has 4 nitrogen and oxygen atoms in total. The van der Waals surface area contributed by atoms with Crippen LogP contribution in [0.25, 0.3) is 10.9 Å². The number of halogens is 1. The summed E-state index contributed by atoms with van der Waals surface area (Å²) in [7, 11) is 1.50. The SMILES string of the molecule is COc1ccc(Nc2nc(C)nc3ccccc23)c(F)c1. The molecule has 2 aromatic carbocycles. The number of aryl methyl sites for hydroxylation is 1. The number of ether oxygens (including phenoxy) is 1. The second kappa shape index (κ2) is 5.36. The summed E-state index contributed by atoms with van der Waals surface area (Å²) in [4.78, 5) is 8.72. The highest BCUT2D eigenvalue weighted by molar-refractivity contribution is 5.90. The number of methoxy groups -OCH3 is 1. The molecule has 0 spiro atoms. The first-order valence-electron chi connectivity index (χ1n) is 6.51. The van der Waals surface area contributed by atoms with Gasteiger partial charge in [-0.15, -0.1) is 0 Å². The van der Waals surface area contributed by atoms with E-state index < -0.39 is 5.82 Å². The van der Waals surface area contributed by atoms with Crippen LogP contribution in [-0.2, 0) is 0 Å². The van der Waals surface area contributed by atoms with Crippen molar-refractivity contribution in [3.05, 3.63) is 54.1 Å². The van der Waals surface area contributed by atoms with Crippen molar-refractivity contribution >= 4 is 22.4 Å². The van der Waals surface area contributed by atoms with E-state index in [4.69, 9.17) is 4.74 Å². The van der Waals surface area contributed by atoms with Gasteiger partial charge in [-0.3, -0.25) is 0 Å². The zero-order valence-corrected chi connectivity index (χ0v) is 11.7. The third kappa shape index (κ3) is 2.63. The molecule has 1 N–H and O–H groups in total. The topological polar surface area (TPSA) is 47.0 Å². The predicted molar refractivity (Wildman–Crippen MR) is 80.5 cm³/mol. The van der Waals surface area contributed by atoms with Crippen molar-refractivity contribution in [2.45, 2.75) is 6.92 Å². The molecule has 106 valence electrons. The van der Waals surface area contributed by atoms with Crippen LogP contribution in [0.5, 0.6) is 5.75 Å². The fourth-order valence-electron chi connectivity index (χ4n) is 2.14. The molecule has 1 aromatic heterocycles. The Hall–Kier alpha value is -2.69. The number of benzene rings is 2. The fourth-order valence-corrected chi connectivity index (χ4v) is 2.14. The van der Waals surface area contributed by atoms with E-state index in [1.54, 1.807) is 12.1 Å². The average Bonchev–Trinajstić information content (AvgIpc) is 2.49. The molecule has 0 radical (unpaired) electrons. The first-order chi connectivity index (χ1) is 10.2. The summed E-state index contributed by atoms with van der Waals surface area (Å²) in [5, 5.41) is 3.87. The number of nitrogens with one attached hydrogen (secondary N) is 1. The van der Waals surface area contributed by atoms with E-state index in [0.717, 1.165) is 10.9 Å². The molecule has 0 aliphatic heterocycles. The maximum absolute atomic E-state index is 14.0. The van der Waals surface area contributed by atoms with Crippen molar-refractivity contribution in [2.24, 2.45) is 0 Å². The van der Waals surface area contributed by atoms with E-state index in [-0.39, 0.29) is 0 Å². The van der Waals surface area contributed by atoms with Crippen LogP contribution in [0.15, 0.2) is 42.5 Å². The minimum absolute atomic E-state index is 0.346. The lowest BCUT2D eigenvalue weighted by Crippen LogP contribution is -2.00. The zero-order valence-electron chi connectivity index (χ0n) is 11.7. The summed E-state index contributed by atoms with van der Waals surface area (Å²) < 4.78 is 19.0. The van der Waals surface area contributed by atoms with E-state index in [9.17, 15) is 4.39 Å². The molecule has 0 unspecified atom stereocenters. The minimum Gasteiger partial charge on any atom is -0.497 e. The maximum Gasteiger partial charge on any atom is 0.150 e. The number of rotatable bonds is 3. The van der Waals surface area contributed by atoms with Gasteiger partial charge in [-0.05, 0) is 31.2 Å². The summed E-state index contributed by atoms with van der Waals surface area (Å²) in [5.74, 6) is 1.30. The summed E-state index contributed by atoms with van der Waals surface area (Å²) in [6, 6.07) is 12.3. The predicted octanol–water partition coefficient (Wildman–Crippen LogP) is 3.83. The fraction of sp³-hybridized carbons (Fsp3) is 0.125. The van der Waals surface area contributed by atoms with E-state index >= 15 is 0 Å². The second-order valence-electron chi connectivity index (χ2n) is 4.61. The number of hydrogen-bond donors (Lipinski definition) is 1. The van der Waals surface area contributed by atoms with Gasteiger partial charge in [0.15, 0.2) is 0 Å². The van der Waals surface area contributed by atoms with E-state index in [0.29, 0.717) is 23.1 Å². The van der Waals surface area contributed by atoms with Crippen LogP contribution in [0.1, 0.15) is 5.82 Å². The van der Waals surface area contributed by atoms with Gasteiger partial charge in [0.05, 0.1) is 18.3 Å². The highest BCUT2D eigenvalue weighted by Crippen LogP contribution is 2.27. The molecule has 3 rings (SSSR count). The third-order valence-electron chi connectivity index (χ3n) is 3.14. The van der Waals surface area contributed by atoms with Crippen molar-refractivity contribution in [3.63, 3.8) is 0 Å². The van der Waals surface area contributed by atoms with Gasteiger partial charge in [0, 0.05) is 11.5 Å². The molecule has 0 atom stereocenters. The summed E-state index contributed by atoms with van der Waals surface area (Å²) >= 11 is 0. The van der Waals surface area contributed by atoms with Crippen LogP contribution in [0.2, 0.25) is 0 Å². The van der Waals surface area contributed by atoms with Gasteiger partial charge in [0.1, 0.15) is 23.2 Å². The number of fused-ring (bicyclic) bond motifs is 1. The molecular formula is C16H14FN3O. The van der Waals surface area contributed by atoms with Crippen LogP contribution >= 0.6 is 0 Å². The first-order valence-corrected chi connectivity index (χ1v) is 6.51. The Labute approximate surface area is 121 Å². The Bertz CT molecular complexity index is 805. The monoisotopic (exact) mass is 283 g/mol. The van der Waals surface area contributed by atoms with Gasteiger partial charge in [-0.1, -0.05) is 12.1 Å². The molecule has 0 bridgehead atoms. The Morgan fingerprint density at radius 1 is 1.10 bits per heavy atom. The van der Waals surface area contributed by atoms with Crippen molar-refractivity contribution in [3.8, 4) is 5.75 Å². The quantitative estimate of drug-likeness (QED) is 0.793. The Morgan fingerprint density at radius 2 is 1.90 bits per heavy atom. The lowest BCUT2D eigenvalue weighted by atomic mass is 10.2. The van der Waals surface area contributed by atoms with Gasteiger partial charge >= 0.3 is 0 Å². The largest absolute Gasteiger partial charge is 0.497 e. The van der Waals surface area contributed by atoms with E-state index in [1.807, 2.05) is 31.2 Å². The molecule has 0 amide bonds. The molecule has 0 fully saturated rings. The normalized spacial score (nSPS) is 10.6. The van der Waals surface area contributed by atoms with Crippen LogP contribution < -0.4 is 10.1 Å². The molecular weight excluding hydrogens is 269 g/mol. The molecule has 5 heteroatoms. The lowest BCUT2D eigenvalue weighted by Gasteiger charge is -2.11. The number of nitrogens with zero attached hydrogens (tertiary/aromatic N) is 2. The zero-order chi connectivity index (χ0) is 14.8. The lowest BCUT2D eigenvalue weighted by molar-refractivity contribution is 0.411. The Balaban J connectivity index is 2.05. The Kier molecular flexibility index (Phi) is 3.39. The summed E-state index contributed by atoms with van der Waals surface area (Å²) in [6.07, 6.45) is 0. The molecule has 1 heterocycles. The smallest absolute Gasteiger partial charge is 0.150 e. The molecule has 0 aliphatic carbocycles. The van der Waals surface area contributed by atoms with Gasteiger partial charge in [-0.2, -0.15) is 0 Å². The average molecular weight is 283 g/mol. The number of para-hydroxylation sites is 1. The van der Waals surface area contributed by atoms with Crippen molar-refractivity contribution in [1.29, 1.82) is 0 Å². The Morgan fingerprint density at radius 3 is 2.67 bits per heavy atom.